The molecule has 1 fully saturated rings. The number of hydrogen-bond donors (Lipinski definition) is 0. The van der Waals surface area contributed by atoms with E-state index in [2.05, 4.69) is 5.10 Å². The molecule has 23 heavy (non-hydrogen) atoms. The Hall–Kier alpha value is -1.80. The quantitative estimate of drug-likeness (QED) is 0.858. The minimum atomic E-state index is -3.79. The lowest BCUT2D eigenvalue weighted by Crippen LogP contribution is -2.41. The highest BCUT2D eigenvalue weighted by Crippen LogP contribution is 2.25. The van der Waals surface area contributed by atoms with Crippen molar-refractivity contribution in [3.63, 3.8) is 0 Å². The van der Waals surface area contributed by atoms with Gasteiger partial charge in [0, 0.05) is 31.0 Å². The Morgan fingerprint density at radius 2 is 1.96 bits per heavy atom. The molecule has 1 aromatic heterocycles. The smallest absolute Gasteiger partial charge is 0.218 e. The molecule has 1 aliphatic rings. The van der Waals surface area contributed by atoms with Crippen molar-refractivity contribution in [2.75, 3.05) is 13.1 Å². The van der Waals surface area contributed by atoms with Gasteiger partial charge in [0.1, 0.15) is 11.6 Å². The summed E-state index contributed by atoms with van der Waals surface area (Å²) in [6.07, 6.45) is 4.94. The third-order valence-electron chi connectivity index (χ3n) is 4.04. The van der Waals surface area contributed by atoms with Crippen LogP contribution in [-0.2, 0) is 15.8 Å². The molecule has 0 aliphatic carbocycles. The van der Waals surface area contributed by atoms with Crippen LogP contribution in [0.2, 0.25) is 0 Å². The number of halogens is 2. The van der Waals surface area contributed by atoms with E-state index in [4.69, 9.17) is 0 Å². The van der Waals surface area contributed by atoms with E-state index in [9.17, 15) is 17.2 Å². The molecule has 1 aliphatic heterocycles. The summed E-state index contributed by atoms with van der Waals surface area (Å²) in [5.41, 5.74) is -0.409. The SMILES string of the molecule is O=S(=O)(Cc1c(F)cccc1F)N1CCC[C@H](n2cccn2)C1. The first-order chi connectivity index (χ1) is 11.0. The summed E-state index contributed by atoms with van der Waals surface area (Å²) in [6, 6.07) is 5.07. The van der Waals surface area contributed by atoms with Crippen LogP contribution in [0.4, 0.5) is 8.78 Å². The lowest BCUT2D eigenvalue weighted by molar-refractivity contribution is 0.253. The molecule has 0 bridgehead atoms. The van der Waals surface area contributed by atoms with Crippen LogP contribution in [-0.4, -0.2) is 35.6 Å². The first-order valence-electron chi connectivity index (χ1n) is 7.37. The molecule has 0 spiro atoms. The maximum absolute atomic E-state index is 13.7. The summed E-state index contributed by atoms with van der Waals surface area (Å²) >= 11 is 0. The van der Waals surface area contributed by atoms with Gasteiger partial charge in [-0.2, -0.15) is 9.40 Å². The van der Waals surface area contributed by atoms with Gasteiger partial charge >= 0.3 is 0 Å². The second-order valence-corrected chi connectivity index (χ2v) is 7.57. The molecule has 3 rings (SSSR count). The first kappa shape index (κ1) is 16.1. The normalized spacial score (nSPS) is 19.8. The molecule has 1 saturated heterocycles. The minimum absolute atomic E-state index is 0.0565. The van der Waals surface area contributed by atoms with E-state index in [1.807, 2.05) is 0 Å². The Morgan fingerprint density at radius 3 is 2.61 bits per heavy atom. The van der Waals surface area contributed by atoms with Crippen LogP contribution in [0.5, 0.6) is 0 Å². The third-order valence-corrected chi connectivity index (χ3v) is 5.81. The largest absolute Gasteiger partial charge is 0.268 e. The molecule has 8 heteroatoms. The number of aromatic nitrogens is 2. The van der Waals surface area contributed by atoms with Crippen LogP contribution < -0.4 is 0 Å². The van der Waals surface area contributed by atoms with Gasteiger partial charge in [-0.25, -0.2) is 17.2 Å². The van der Waals surface area contributed by atoms with Crippen molar-refractivity contribution in [3.05, 3.63) is 53.9 Å². The average Bonchev–Trinajstić information content (AvgIpc) is 3.06. The van der Waals surface area contributed by atoms with E-state index in [1.165, 1.54) is 10.4 Å². The van der Waals surface area contributed by atoms with Crippen LogP contribution in [0.3, 0.4) is 0 Å². The van der Waals surface area contributed by atoms with E-state index < -0.39 is 33.0 Å². The molecule has 0 amide bonds. The average molecular weight is 341 g/mol. The van der Waals surface area contributed by atoms with Gasteiger partial charge in [0.05, 0.1) is 11.8 Å². The molecule has 124 valence electrons. The highest BCUT2D eigenvalue weighted by atomic mass is 32.2. The Morgan fingerprint density at radius 1 is 1.22 bits per heavy atom. The maximum atomic E-state index is 13.7. The predicted molar refractivity (Wildman–Crippen MR) is 81.1 cm³/mol. The highest BCUT2D eigenvalue weighted by molar-refractivity contribution is 7.88. The minimum Gasteiger partial charge on any atom is -0.268 e. The van der Waals surface area contributed by atoms with Gasteiger partial charge in [0.25, 0.3) is 0 Å². The van der Waals surface area contributed by atoms with Gasteiger partial charge < -0.3 is 0 Å². The summed E-state index contributed by atoms with van der Waals surface area (Å²) in [5, 5.41) is 4.14. The second kappa shape index (κ2) is 6.37. The van der Waals surface area contributed by atoms with Gasteiger partial charge in [-0.15, -0.1) is 0 Å². The van der Waals surface area contributed by atoms with Gasteiger partial charge in [-0.05, 0) is 31.0 Å². The van der Waals surface area contributed by atoms with Gasteiger partial charge in [-0.3, -0.25) is 4.68 Å². The number of nitrogens with zero attached hydrogens (tertiary/aromatic N) is 3. The fraction of sp³-hybridized carbons (Fsp3) is 0.400. The van der Waals surface area contributed by atoms with E-state index in [1.54, 1.807) is 23.1 Å². The number of piperidine rings is 1. The van der Waals surface area contributed by atoms with Gasteiger partial charge in [0.2, 0.25) is 10.0 Å². The van der Waals surface area contributed by atoms with Crippen LogP contribution in [0.25, 0.3) is 0 Å². The van der Waals surface area contributed by atoms with Crippen molar-refractivity contribution < 1.29 is 17.2 Å². The lowest BCUT2D eigenvalue weighted by Gasteiger charge is -2.32. The molecule has 0 unspecified atom stereocenters. The molecule has 1 aromatic carbocycles. The van der Waals surface area contributed by atoms with Crippen molar-refractivity contribution >= 4 is 10.0 Å². The Balaban J connectivity index is 1.79. The first-order valence-corrected chi connectivity index (χ1v) is 8.98. The lowest BCUT2D eigenvalue weighted by atomic mass is 10.1. The predicted octanol–water partition coefficient (Wildman–Crippen LogP) is 2.33. The fourth-order valence-electron chi connectivity index (χ4n) is 2.83. The number of benzene rings is 1. The monoisotopic (exact) mass is 341 g/mol. The van der Waals surface area contributed by atoms with E-state index in [0.717, 1.165) is 18.6 Å². The summed E-state index contributed by atoms with van der Waals surface area (Å²) in [4.78, 5) is 0. The summed E-state index contributed by atoms with van der Waals surface area (Å²) in [7, 11) is -3.79. The van der Waals surface area contributed by atoms with Gasteiger partial charge in [0.15, 0.2) is 0 Å². The molecular formula is C15H17F2N3O2S. The Kier molecular flexibility index (Phi) is 4.45. The molecular weight excluding hydrogens is 324 g/mol. The van der Waals surface area contributed by atoms with Gasteiger partial charge in [-0.1, -0.05) is 6.07 Å². The van der Waals surface area contributed by atoms with Crippen LogP contribution in [0.1, 0.15) is 24.4 Å². The summed E-state index contributed by atoms with van der Waals surface area (Å²) < 4.78 is 55.5. The fourth-order valence-corrected chi connectivity index (χ4v) is 4.46. The molecule has 2 aromatic rings. The standard InChI is InChI=1S/C15H17F2N3O2S/c16-14-5-1-6-15(17)13(14)11-23(21,22)19-8-2-4-12(10-19)20-9-3-7-18-20/h1,3,5-7,9,12H,2,4,8,10-11H2/t12-/m0/s1. The van der Waals surface area contributed by atoms with E-state index in [0.29, 0.717) is 13.0 Å². The Bertz CT molecular complexity index is 758. The summed E-state index contributed by atoms with van der Waals surface area (Å²) in [5.74, 6) is -2.35. The third kappa shape index (κ3) is 3.42. The molecule has 1 atom stereocenters. The molecule has 5 nitrogen and oxygen atoms in total. The van der Waals surface area contributed by atoms with Crippen LogP contribution in [0.15, 0.2) is 36.7 Å². The molecule has 0 N–H and O–H groups in total. The topological polar surface area (TPSA) is 55.2 Å². The van der Waals surface area contributed by atoms with Crippen LogP contribution >= 0.6 is 0 Å². The highest BCUT2D eigenvalue weighted by Gasteiger charge is 2.31. The zero-order valence-corrected chi connectivity index (χ0v) is 13.2. The number of hydrogen-bond acceptors (Lipinski definition) is 3. The number of sulfonamides is 1. The van der Waals surface area contributed by atoms with Crippen molar-refractivity contribution in [1.29, 1.82) is 0 Å². The molecule has 0 radical (unpaired) electrons. The maximum Gasteiger partial charge on any atom is 0.218 e. The Labute approximate surface area is 133 Å². The van der Waals surface area contributed by atoms with E-state index in [-0.39, 0.29) is 12.6 Å². The number of rotatable bonds is 4. The van der Waals surface area contributed by atoms with Crippen LogP contribution in [0, 0.1) is 11.6 Å². The summed E-state index contributed by atoms with van der Waals surface area (Å²) in [6.45, 7) is 0.621. The zero-order valence-electron chi connectivity index (χ0n) is 12.4. The van der Waals surface area contributed by atoms with Crippen molar-refractivity contribution in [3.8, 4) is 0 Å². The molecule has 2 heterocycles. The van der Waals surface area contributed by atoms with Crippen molar-refractivity contribution in [2.24, 2.45) is 0 Å². The van der Waals surface area contributed by atoms with Crippen molar-refractivity contribution in [2.45, 2.75) is 24.6 Å². The van der Waals surface area contributed by atoms with Crippen molar-refractivity contribution in [1.82, 2.24) is 14.1 Å². The molecule has 0 saturated carbocycles. The van der Waals surface area contributed by atoms with E-state index >= 15 is 0 Å². The second-order valence-electron chi connectivity index (χ2n) is 5.60. The zero-order chi connectivity index (χ0) is 16.4.